The van der Waals surface area contributed by atoms with Crippen molar-refractivity contribution in [3.8, 4) is 0 Å². The van der Waals surface area contributed by atoms with Crippen molar-refractivity contribution in [2.75, 3.05) is 5.73 Å². The summed E-state index contributed by atoms with van der Waals surface area (Å²) >= 11 is 3.24. The van der Waals surface area contributed by atoms with E-state index in [0.717, 1.165) is 19.3 Å². The van der Waals surface area contributed by atoms with E-state index in [2.05, 4.69) is 27.6 Å². The third kappa shape index (κ3) is 3.05. The van der Waals surface area contributed by atoms with Crippen LogP contribution in [0.1, 0.15) is 26.2 Å². The van der Waals surface area contributed by atoms with E-state index in [-0.39, 0.29) is 10.9 Å². The van der Waals surface area contributed by atoms with Gasteiger partial charge in [-0.3, -0.25) is 0 Å². The van der Waals surface area contributed by atoms with Gasteiger partial charge >= 0.3 is 0 Å². The highest BCUT2D eigenvalue weighted by Crippen LogP contribution is 2.36. The minimum Gasteiger partial charge on any atom is -0.398 e. The molecule has 0 saturated heterocycles. The maximum atomic E-state index is 12.1. The number of nitrogens with one attached hydrogen (secondary N) is 1. The van der Waals surface area contributed by atoms with Crippen LogP contribution in [0.25, 0.3) is 0 Å². The summed E-state index contributed by atoms with van der Waals surface area (Å²) in [5.41, 5.74) is 6.18. The van der Waals surface area contributed by atoms with Crippen LogP contribution in [0.4, 0.5) is 5.69 Å². The van der Waals surface area contributed by atoms with Crippen molar-refractivity contribution >= 4 is 31.6 Å². The van der Waals surface area contributed by atoms with Gasteiger partial charge in [0, 0.05) is 16.2 Å². The Morgan fingerprint density at radius 2 is 2.22 bits per heavy atom. The van der Waals surface area contributed by atoms with Crippen molar-refractivity contribution in [1.29, 1.82) is 0 Å². The number of nitrogen functional groups attached to an aromatic ring is 1. The first-order chi connectivity index (χ1) is 8.44. The van der Waals surface area contributed by atoms with Gasteiger partial charge in [0.05, 0.1) is 4.90 Å². The predicted octanol–water partition coefficient (Wildman–Crippen LogP) is 2.50. The van der Waals surface area contributed by atoms with Crippen LogP contribution in [0.5, 0.6) is 0 Å². The highest BCUT2D eigenvalue weighted by molar-refractivity contribution is 9.10. The summed E-state index contributed by atoms with van der Waals surface area (Å²) < 4.78 is 27.6. The molecule has 0 amide bonds. The van der Waals surface area contributed by atoms with Gasteiger partial charge in [0.1, 0.15) is 0 Å². The van der Waals surface area contributed by atoms with Gasteiger partial charge in [-0.15, -0.1) is 0 Å². The zero-order valence-electron chi connectivity index (χ0n) is 10.2. The third-order valence-electron chi connectivity index (χ3n) is 3.17. The number of anilines is 1. The lowest BCUT2D eigenvalue weighted by molar-refractivity contribution is 0.573. The van der Waals surface area contributed by atoms with E-state index in [9.17, 15) is 8.42 Å². The summed E-state index contributed by atoms with van der Waals surface area (Å²) in [5, 5.41) is 0. The second-order valence-electron chi connectivity index (χ2n) is 4.70. The Morgan fingerprint density at radius 1 is 1.50 bits per heavy atom. The summed E-state index contributed by atoms with van der Waals surface area (Å²) in [6, 6.07) is 4.76. The van der Waals surface area contributed by atoms with Gasteiger partial charge < -0.3 is 5.73 Å². The fraction of sp³-hybridized carbons (Fsp3) is 0.500. The molecule has 1 fully saturated rings. The zero-order valence-corrected chi connectivity index (χ0v) is 12.6. The van der Waals surface area contributed by atoms with Gasteiger partial charge in [-0.1, -0.05) is 13.3 Å². The largest absolute Gasteiger partial charge is 0.398 e. The van der Waals surface area contributed by atoms with Crippen molar-refractivity contribution < 1.29 is 8.42 Å². The highest BCUT2D eigenvalue weighted by atomic mass is 79.9. The summed E-state index contributed by atoms with van der Waals surface area (Å²) in [5.74, 6) is 0.502. The van der Waals surface area contributed by atoms with E-state index in [4.69, 9.17) is 5.73 Å². The first-order valence-corrected chi connectivity index (χ1v) is 8.29. The fourth-order valence-electron chi connectivity index (χ4n) is 2.02. The van der Waals surface area contributed by atoms with Crippen molar-refractivity contribution in [1.82, 2.24) is 4.72 Å². The van der Waals surface area contributed by atoms with Crippen molar-refractivity contribution in [2.24, 2.45) is 5.92 Å². The summed E-state index contributed by atoms with van der Waals surface area (Å²) in [6.45, 7) is 2.11. The smallest absolute Gasteiger partial charge is 0.240 e. The molecule has 100 valence electrons. The summed E-state index contributed by atoms with van der Waals surface area (Å²) in [4.78, 5) is 0.255. The molecule has 18 heavy (non-hydrogen) atoms. The molecule has 2 atom stereocenters. The van der Waals surface area contributed by atoms with E-state index < -0.39 is 10.0 Å². The van der Waals surface area contributed by atoms with Crippen LogP contribution >= 0.6 is 15.9 Å². The first kappa shape index (κ1) is 13.8. The second kappa shape index (κ2) is 5.19. The van der Waals surface area contributed by atoms with Crippen molar-refractivity contribution in [2.45, 2.75) is 37.1 Å². The highest BCUT2D eigenvalue weighted by Gasteiger charge is 2.39. The van der Waals surface area contributed by atoms with E-state index in [0.29, 0.717) is 16.1 Å². The number of hydrogen-bond acceptors (Lipinski definition) is 3. The maximum Gasteiger partial charge on any atom is 0.240 e. The number of benzene rings is 1. The van der Waals surface area contributed by atoms with Crippen LogP contribution < -0.4 is 10.5 Å². The molecule has 1 aromatic rings. The van der Waals surface area contributed by atoms with Crippen LogP contribution in [0.2, 0.25) is 0 Å². The number of rotatable bonds is 5. The number of halogens is 1. The molecule has 0 heterocycles. The molecule has 1 aliphatic rings. The number of hydrogen-bond donors (Lipinski definition) is 2. The molecule has 1 saturated carbocycles. The molecule has 0 radical (unpaired) electrons. The third-order valence-corrected chi connectivity index (χ3v) is 5.35. The molecule has 4 nitrogen and oxygen atoms in total. The average molecular weight is 333 g/mol. The fourth-order valence-corrected chi connectivity index (χ4v) is 3.90. The Hall–Kier alpha value is -0.590. The van der Waals surface area contributed by atoms with E-state index in [1.165, 1.54) is 12.1 Å². The minimum atomic E-state index is -3.42. The molecular weight excluding hydrogens is 316 g/mol. The van der Waals surface area contributed by atoms with Gasteiger partial charge in [-0.2, -0.15) is 0 Å². The Morgan fingerprint density at radius 3 is 2.83 bits per heavy atom. The van der Waals surface area contributed by atoms with Crippen LogP contribution in [-0.2, 0) is 10.0 Å². The molecule has 2 rings (SSSR count). The van der Waals surface area contributed by atoms with E-state index in [1.54, 1.807) is 6.07 Å². The van der Waals surface area contributed by atoms with Gasteiger partial charge in [0.2, 0.25) is 10.0 Å². The van der Waals surface area contributed by atoms with Crippen molar-refractivity contribution in [3.63, 3.8) is 0 Å². The summed E-state index contributed by atoms with van der Waals surface area (Å²) in [7, 11) is -3.42. The maximum absolute atomic E-state index is 12.1. The van der Waals surface area contributed by atoms with Crippen LogP contribution in [0.3, 0.4) is 0 Å². The molecule has 0 aliphatic heterocycles. The number of sulfonamides is 1. The normalized spacial score (nSPS) is 23.0. The number of nitrogens with two attached hydrogens (primary N) is 1. The molecule has 1 aliphatic carbocycles. The average Bonchev–Trinajstić information content (AvgIpc) is 3.00. The van der Waals surface area contributed by atoms with Gasteiger partial charge in [0.25, 0.3) is 0 Å². The van der Waals surface area contributed by atoms with E-state index in [1.807, 2.05) is 0 Å². The standard InChI is InChI=1S/C12H17BrN2O2S/c1-2-3-8-6-12(8)15-18(16,17)9-4-5-11(14)10(13)7-9/h4-5,7-8,12,15H,2-3,6,14H2,1H3. The van der Waals surface area contributed by atoms with Gasteiger partial charge in [-0.05, 0) is 52.9 Å². The SMILES string of the molecule is CCCC1CC1NS(=O)(=O)c1ccc(N)c(Br)c1. The zero-order chi connectivity index (χ0) is 13.3. The second-order valence-corrected chi connectivity index (χ2v) is 7.26. The van der Waals surface area contributed by atoms with Gasteiger partial charge in [0.15, 0.2) is 0 Å². The minimum absolute atomic E-state index is 0.103. The van der Waals surface area contributed by atoms with Gasteiger partial charge in [-0.25, -0.2) is 13.1 Å². The lowest BCUT2D eigenvalue weighted by Gasteiger charge is -2.07. The Bertz CT molecular complexity index is 545. The van der Waals surface area contributed by atoms with Crippen LogP contribution in [0, 0.1) is 5.92 Å². The predicted molar refractivity (Wildman–Crippen MR) is 75.7 cm³/mol. The molecule has 0 bridgehead atoms. The molecule has 0 aromatic heterocycles. The quantitative estimate of drug-likeness (QED) is 0.813. The van der Waals surface area contributed by atoms with E-state index >= 15 is 0 Å². The molecule has 0 spiro atoms. The first-order valence-electron chi connectivity index (χ1n) is 6.01. The Balaban J connectivity index is 2.09. The molecule has 6 heteroatoms. The lowest BCUT2D eigenvalue weighted by atomic mass is 10.2. The van der Waals surface area contributed by atoms with Crippen molar-refractivity contribution in [3.05, 3.63) is 22.7 Å². The lowest BCUT2D eigenvalue weighted by Crippen LogP contribution is -2.27. The van der Waals surface area contributed by atoms with Crippen LogP contribution in [0.15, 0.2) is 27.6 Å². The molecule has 3 N–H and O–H groups in total. The Labute approximate surface area is 116 Å². The van der Waals surface area contributed by atoms with Crippen LogP contribution in [-0.4, -0.2) is 14.5 Å². The molecular formula is C12H17BrN2O2S. The topological polar surface area (TPSA) is 72.2 Å². The molecule has 1 aromatic carbocycles. The summed E-state index contributed by atoms with van der Waals surface area (Å²) in [6.07, 6.45) is 3.12. The monoisotopic (exact) mass is 332 g/mol. The molecule has 2 unspecified atom stereocenters. The Kier molecular flexibility index (Phi) is 3.99.